The van der Waals surface area contributed by atoms with Gasteiger partial charge in [-0.05, 0) is 20.8 Å². The van der Waals surface area contributed by atoms with Crippen molar-refractivity contribution < 1.29 is 24.2 Å². The number of amides is 2. The molecule has 0 heterocycles. The van der Waals surface area contributed by atoms with Crippen LogP contribution < -0.4 is 10.6 Å². The summed E-state index contributed by atoms with van der Waals surface area (Å²) in [5, 5.41) is 14.6. The number of ether oxygens (including phenoxy) is 1. The maximum Gasteiger partial charge on any atom is 0.328 e. The van der Waals surface area contributed by atoms with Gasteiger partial charge in [0.15, 0.2) is 0 Å². The van der Waals surface area contributed by atoms with Gasteiger partial charge in [-0.2, -0.15) is 0 Å². The van der Waals surface area contributed by atoms with E-state index in [2.05, 4.69) is 15.4 Å². The fourth-order valence-electron chi connectivity index (χ4n) is 1.50. The van der Waals surface area contributed by atoms with Gasteiger partial charge in [0.05, 0.1) is 12.7 Å². The lowest BCUT2D eigenvalue weighted by molar-refractivity contribution is -0.145. The van der Waals surface area contributed by atoms with Gasteiger partial charge < -0.3 is 20.5 Å². The second kappa shape index (κ2) is 7.08. The van der Waals surface area contributed by atoms with Crippen LogP contribution in [-0.4, -0.2) is 47.7 Å². The molecule has 0 bridgehead atoms. The Labute approximate surface area is 112 Å². The summed E-state index contributed by atoms with van der Waals surface area (Å²) in [5.41, 5.74) is -1.13. The highest BCUT2D eigenvalue weighted by molar-refractivity contribution is 5.90. The minimum atomic E-state index is -1.13. The smallest absolute Gasteiger partial charge is 0.328 e. The van der Waals surface area contributed by atoms with Crippen LogP contribution in [0.15, 0.2) is 0 Å². The Bertz CT molecular complexity index is 349. The summed E-state index contributed by atoms with van der Waals surface area (Å²) in [4.78, 5) is 34.2. The molecule has 2 amide bonds. The summed E-state index contributed by atoms with van der Waals surface area (Å²) in [6.07, 6.45) is 0.0340. The highest BCUT2D eigenvalue weighted by Crippen LogP contribution is 2.11. The van der Waals surface area contributed by atoms with Crippen molar-refractivity contribution in [1.29, 1.82) is 0 Å². The van der Waals surface area contributed by atoms with E-state index in [0.29, 0.717) is 0 Å². The van der Waals surface area contributed by atoms with Crippen molar-refractivity contribution in [3.8, 4) is 0 Å². The summed E-state index contributed by atoms with van der Waals surface area (Å²) >= 11 is 0. The third-order valence-corrected chi connectivity index (χ3v) is 2.31. The summed E-state index contributed by atoms with van der Waals surface area (Å²) in [6.45, 7) is 5.80. The molecule has 0 saturated carbocycles. The first kappa shape index (κ1) is 17.4. The van der Waals surface area contributed by atoms with Crippen molar-refractivity contribution >= 4 is 17.8 Å². The Morgan fingerprint density at radius 2 is 1.79 bits per heavy atom. The predicted octanol–water partition coefficient (Wildman–Crippen LogP) is -0.670. The van der Waals surface area contributed by atoms with E-state index in [1.54, 1.807) is 0 Å². The second-order valence-corrected chi connectivity index (χ2v) is 5.02. The first-order chi connectivity index (χ1) is 8.56. The summed E-state index contributed by atoms with van der Waals surface area (Å²) in [7, 11) is 1.22. The van der Waals surface area contributed by atoms with Crippen LogP contribution in [-0.2, 0) is 19.1 Å². The monoisotopic (exact) mass is 274 g/mol. The Balaban J connectivity index is 4.72. The Kier molecular flexibility index (Phi) is 6.47. The Morgan fingerprint density at radius 1 is 1.26 bits per heavy atom. The van der Waals surface area contributed by atoms with E-state index in [-0.39, 0.29) is 6.42 Å². The van der Waals surface area contributed by atoms with Crippen molar-refractivity contribution in [3.63, 3.8) is 0 Å². The molecule has 0 aromatic rings. The molecule has 0 unspecified atom stereocenters. The largest absolute Gasteiger partial charge is 0.467 e. The van der Waals surface area contributed by atoms with Crippen LogP contribution in [0.4, 0.5) is 0 Å². The molecule has 0 radical (unpaired) electrons. The number of esters is 1. The fraction of sp³-hybridized carbons (Fsp3) is 0.750. The van der Waals surface area contributed by atoms with E-state index >= 15 is 0 Å². The molecule has 3 N–H and O–H groups in total. The highest BCUT2D eigenvalue weighted by Gasteiger charge is 2.28. The van der Waals surface area contributed by atoms with E-state index in [1.807, 2.05) is 0 Å². The van der Waals surface area contributed by atoms with E-state index in [1.165, 1.54) is 34.8 Å². The zero-order valence-corrected chi connectivity index (χ0v) is 11.9. The van der Waals surface area contributed by atoms with Gasteiger partial charge in [-0.25, -0.2) is 4.79 Å². The molecule has 7 heteroatoms. The minimum absolute atomic E-state index is 0.0340. The minimum Gasteiger partial charge on any atom is -0.467 e. The first-order valence-electron chi connectivity index (χ1n) is 5.94. The van der Waals surface area contributed by atoms with Crippen LogP contribution in [0.2, 0.25) is 0 Å². The molecule has 0 fully saturated rings. The number of hydrogen-bond donors (Lipinski definition) is 3. The average Bonchev–Trinajstić information content (AvgIpc) is 2.24. The zero-order valence-electron chi connectivity index (χ0n) is 11.9. The van der Waals surface area contributed by atoms with Crippen LogP contribution in [0.25, 0.3) is 0 Å². The maximum absolute atomic E-state index is 11.9. The molecule has 0 spiro atoms. The molecule has 110 valence electrons. The lowest BCUT2D eigenvalue weighted by Crippen LogP contribution is -2.52. The normalized spacial score (nSPS) is 14.2. The number of nitrogens with one attached hydrogen (secondary N) is 2. The van der Waals surface area contributed by atoms with Gasteiger partial charge in [-0.3, -0.25) is 9.59 Å². The summed E-state index contributed by atoms with van der Waals surface area (Å²) in [5.74, 6) is -1.52. The quantitative estimate of drug-likeness (QED) is 0.557. The molecular formula is C12H22N2O5. The second-order valence-electron chi connectivity index (χ2n) is 5.02. The first-order valence-corrected chi connectivity index (χ1v) is 5.94. The van der Waals surface area contributed by atoms with E-state index in [9.17, 15) is 19.5 Å². The van der Waals surface area contributed by atoms with Gasteiger partial charge in [0.25, 0.3) is 0 Å². The molecule has 0 aliphatic carbocycles. The van der Waals surface area contributed by atoms with Crippen molar-refractivity contribution in [2.45, 2.75) is 51.8 Å². The Morgan fingerprint density at radius 3 is 2.16 bits per heavy atom. The number of carbonyl (C=O) groups is 3. The molecule has 0 aromatic carbocycles. The van der Waals surface area contributed by atoms with Crippen molar-refractivity contribution in [3.05, 3.63) is 0 Å². The van der Waals surface area contributed by atoms with Crippen LogP contribution in [0, 0.1) is 0 Å². The topological polar surface area (TPSA) is 105 Å². The standard InChI is InChI=1S/C12H22N2O5/c1-7(11(17)19-5)13-10(16)9(14-8(2)15)6-12(3,4)18/h7,9,18H,6H2,1-5H3,(H,13,16)(H,14,15)/t7-,9-/m0/s1. The average molecular weight is 274 g/mol. The zero-order chi connectivity index (χ0) is 15.2. The van der Waals surface area contributed by atoms with Crippen molar-refractivity contribution in [1.82, 2.24) is 10.6 Å². The Hall–Kier alpha value is -1.63. The van der Waals surface area contributed by atoms with Gasteiger partial charge in [-0.1, -0.05) is 0 Å². The van der Waals surface area contributed by atoms with Gasteiger partial charge in [-0.15, -0.1) is 0 Å². The van der Waals surface area contributed by atoms with Crippen LogP contribution in [0.1, 0.15) is 34.1 Å². The molecule has 2 atom stereocenters. The maximum atomic E-state index is 11.9. The molecule has 0 saturated heterocycles. The van der Waals surface area contributed by atoms with Gasteiger partial charge in [0.2, 0.25) is 11.8 Å². The summed E-state index contributed by atoms with van der Waals surface area (Å²) < 4.78 is 4.48. The fourth-order valence-corrected chi connectivity index (χ4v) is 1.50. The molecule has 0 aromatic heterocycles. The third-order valence-electron chi connectivity index (χ3n) is 2.31. The van der Waals surface area contributed by atoms with E-state index < -0.39 is 35.5 Å². The van der Waals surface area contributed by atoms with Crippen LogP contribution in [0.3, 0.4) is 0 Å². The number of carbonyl (C=O) groups excluding carboxylic acids is 3. The van der Waals surface area contributed by atoms with Gasteiger partial charge in [0.1, 0.15) is 12.1 Å². The highest BCUT2D eigenvalue weighted by atomic mass is 16.5. The molecule has 0 aliphatic heterocycles. The van der Waals surface area contributed by atoms with Crippen molar-refractivity contribution in [2.24, 2.45) is 0 Å². The number of hydrogen-bond acceptors (Lipinski definition) is 5. The van der Waals surface area contributed by atoms with Crippen molar-refractivity contribution in [2.75, 3.05) is 7.11 Å². The third kappa shape index (κ3) is 7.40. The SMILES string of the molecule is COC(=O)[C@H](C)NC(=O)[C@H](CC(C)(C)O)NC(C)=O. The van der Waals surface area contributed by atoms with Crippen LogP contribution >= 0.6 is 0 Å². The molecule has 0 rings (SSSR count). The number of rotatable bonds is 6. The van der Waals surface area contributed by atoms with E-state index in [4.69, 9.17) is 0 Å². The van der Waals surface area contributed by atoms with Crippen LogP contribution in [0.5, 0.6) is 0 Å². The lowest BCUT2D eigenvalue weighted by Gasteiger charge is -2.25. The van der Waals surface area contributed by atoms with Gasteiger partial charge in [0, 0.05) is 13.3 Å². The molecular weight excluding hydrogens is 252 g/mol. The predicted molar refractivity (Wildman–Crippen MR) is 68.1 cm³/mol. The summed E-state index contributed by atoms with van der Waals surface area (Å²) in [6, 6.07) is -1.74. The molecule has 19 heavy (non-hydrogen) atoms. The lowest BCUT2D eigenvalue weighted by atomic mass is 9.98. The van der Waals surface area contributed by atoms with E-state index in [0.717, 1.165) is 0 Å². The molecule has 7 nitrogen and oxygen atoms in total. The number of aliphatic hydroxyl groups is 1. The molecule has 0 aliphatic rings. The number of methoxy groups -OCH3 is 1. The van der Waals surface area contributed by atoms with Gasteiger partial charge >= 0.3 is 5.97 Å².